The number of halogens is 2. The van der Waals surface area contributed by atoms with Crippen molar-refractivity contribution in [2.75, 3.05) is 0 Å². The summed E-state index contributed by atoms with van der Waals surface area (Å²) in [6.07, 6.45) is 1.98. The Labute approximate surface area is 164 Å². The lowest BCUT2D eigenvalue weighted by Gasteiger charge is -2.15. The topological polar surface area (TPSA) is 0 Å². The van der Waals surface area contributed by atoms with E-state index in [4.69, 9.17) is 23.2 Å². The molecule has 0 amide bonds. The predicted octanol–water partition coefficient (Wildman–Crippen LogP) is 6.93. The van der Waals surface area contributed by atoms with Gasteiger partial charge < -0.3 is 0 Å². The minimum absolute atomic E-state index is 0.270. The van der Waals surface area contributed by atoms with E-state index in [0.717, 1.165) is 12.8 Å². The third-order valence-electron chi connectivity index (χ3n) is 6.04. The molecule has 2 aliphatic carbocycles. The molecule has 0 spiro atoms. The maximum atomic E-state index is 7.02. The van der Waals surface area contributed by atoms with E-state index < -0.39 is 0 Å². The van der Waals surface area contributed by atoms with Crippen molar-refractivity contribution in [3.05, 3.63) is 107 Å². The Morgan fingerprint density at radius 3 is 1.27 bits per heavy atom. The maximum Gasteiger partial charge on any atom is 0.0770 e. The van der Waals surface area contributed by atoms with Crippen molar-refractivity contribution in [2.24, 2.45) is 0 Å². The number of hydrogen-bond acceptors (Lipinski definition) is 0. The van der Waals surface area contributed by atoms with Gasteiger partial charge in [0.05, 0.1) is 9.75 Å². The average molecular weight is 379 g/mol. The van der Waals surface area contributed by atoms with E-state index in [0.29, 0.717) is 11.8 Å². The maximum absolute atomic E-state index is 7.02. The second-order valence-electron chi connectivity index (χ2n) is 7.60. The lowest BCUT2D eigenvalue weighted by atomic mass is 9.94. The molecule has 2 aliphatic rings. The molecule has 4 atom stereocenters. The number of benzene rings is 3. The van der Waals surface area contributed by atoms with Crippen LogP contribution in [-0.2, 0) is 9.75 Å². The summed E-state index contributed by atoms with van der Waals surface area (Å²) < 4.78 is 0. The summed E-state index contributed by atoms with van der Waals surface area (Å²) in [5.74, 6) is 0.722. The van der Waals surface area contributed by atoms with E-state index in [-0.39, 0.29) is 9.75 Å². The highest BCUT2D eigenvalue weighted by Gasteiger charge is 2.59. The quantitative estimate of drug-likeness (QED) is 0.431. The van der Waals surface area contributed by atoms with Crippen LogP contribution in [0, 0.1) is 0 Å². The summed E-state index contributed by atoms with van der Waals surface area (Å²) in [4.78, 5) is -0.540. The highest BCUT2D eigenvalue weighted by molar-refractivity contribution is 6.27. The summed E-state index contributed by atoms with van der Waals surface area (Å²) in [5.41, 5.74) is 5.18. The smallest absolute Gasteiger partial charge is 0.0770 e. The van der Waals surface area contributed by atoms with Crippen LogP contribution in [0.25, 0.3) is 0 Å². The van der Waals surface area contributed by atoms with Crippen LogP contribution in [0.15, 0.2) is 84.9 Å². The minimum Gasteiger partial charge on any atom is -0.113 e. The first-order valence-electron chi connectivity index (χ1n) is 9.20. The number of alkyl halides is 2. The van der Waals surface area contributed by atoms with Gasteiger partial charge in [-0.2, -0.15) is 0 Å². The highest BCUT2D eigenvalue weighted by Crippen LogP contribution is 2.68. The lowest BCUT2D eigenvalue weighted by molar-refractivity contribution is 0.890. The Bertz CT molecular complexity index is 858. The average Bonchev–Trinajstić information content (AvgIpc) is 3.59. The molecule has 0 bridgehead atoms. The fourth-order valence-corrected chi connectivity index (χ4v) is 5.20. The molecule has 0 saturated heterocycles. The van der Waals surface area contributed by atoms with Gasteiger partial charge in [-0.25, -0.2) is 0 Å². The fourth-order valence-electron chi connectivity index (χ4n) is 4.40. The van der Waals surface area contributed by atoms with Crippen molar-refractivity contribution in [1.29, 1.82) is 0 Å². The van der Waals surface area contributed by atoms with Crippen LogP contribution >= 0.6 is 23.2 Å². The van der Waals surface area contributed by atoms with Gasteiger partial charge in [0.25, 0.3) is 0 Å². The summed E-state index contributed by atoms with van der Waals surface area (Å²) in [7, 11) is 0. The fraction of sp³-hybridized carbons (Fsp3) is 0.250. The van der Waals surface area contributed by atoms with Crippen LogP contribution < -0.4 is 0 Å². The Balaban J connectivity index is 1.47. The molecule has 0 heterocycles. The lowest BCUT2D eigenvalue weighted by Crippen LogP contribution is -2.04. The van der Waals surface area contributed by atoms with Crippen LogP contribution in [-0.4, -0.2) is 0 Å². The molecule has 0 unspecified atom stereocenters. The van der Waals surface area contributed by atoms with Crippen LogP contribution in [0.3, 0.4) is 0 Å². The van der Waals surface area contributed by atoms with Crippen molar-refractivity contribution in [2.45, 2.75) is 34.4 Å². The highest BCUT2D eigenvalue weighted by atomic mass is 35.5. The molecule has 5 rings (SSSR count). The Morgan fingerprint density at radius 1 is 0.538 bits per heavy atom. The molecule has 3 aromatic rings. The van der Waals surface area contributed by atoms with E-state index in [2.05, 4.69) is 72.8 Å². The van der Waals surface area contributed by atoms with Crippen LogP contribution in [0.5, 0.6) is 0 Å². The minimum atomic E-state index is -0.270. The van der Waals surface area contributed by atoms with Gasteiger partial charge in [0, 0.05) is 11.8 Å². The first kappa shape index (κ1) is 16.4. The molecule has 0 N–H and O–H groups in total. The molecule has 2 saturated carbocycles. The Morgan fingerprint density at radius 2 is 0.885 bits per heavy atom. The standard InChI is InChI=1S/C24H20Cl2/c25-23(17-9-3-1-4-10-17)15-21(23)19-13-7-8-14-20(19)22-16-24(22,26)18-11-5-2-6-12-18/h1-14,21-22H,15-16H2/t21-,22+,23-,24-/m0/s1. The molecular formula is C24H20Cl2. The first-order chi connectivity index (χ1) is 12.6. The summed E-state index contributed by atoms with van der Waals surface area (Å²) in [5, 5.41) is 0. The first-order valence-corrected chi connectivity index (χ1v) is 9.96. The van der Waals surface area contributed by atoms with E-state index in [9.17, 15) is 0 Å². The van der Waals surface area contributed by atoms with Gasteiger partial charge in [0.15, 0.2) is 0 Å². The summed E-state index contributed by atoms with van der Waals surface area (Å²) in [6.45, 7) is 0. The zero-order valence-corrected chi connectivity index (χ0v) is 15.9. The van der Waals surface area contributed by atoms with Gasteiger partial charge in [-0.3, -0.25) is 0 Å². The molecule has 0 aromatic heterocycles. The van der Waals surface area contributed by atoms with Crippen molar-refractivity contribution in [3.8, 4) is 0 Å². The predicted molar refractivity (Wildman–Crippen MR) is 109 cm³/mol. The number of rotatable bonds is 4. The molecule has 0 nitrogen and oxygen atoms in total. The molecular weight excluding hydrogens is 359 g/mol. The van der Waals surface area contributed by atoms with E-state index in [1.165, 1.54) is 22.3 Å². The van der Waals surface area contributed by atoms with Crippen molar-refractivity contribution in [3.63, 3.8) is 0 Å². The van der Waals surface area contributed by atoms with Gasteiger partial charge in [-0.1, -0.05) is 84.9 Å². The molecule has 26 heavy (non-hydrogen) atoms. The summed E-state index contributed by atoms with van der Waals surface area (Å²) >= 11 is 14.0. The van der Waals surface area contributed by atoms with Crippen LogP contribution in [0.4, 0.5) is 0 Å². The second kappa shape index (κ2) is 5.87. The third kappa shape index (κ3) is 2.51. The molecule has 0 aliphatic heterocycles. The van der Waals surface area contributed by atoms with Crippen molar-refractivity contribution >= 4 is 23.2 Å². The van der Waals surface area contributed by atoms with Crippen LogP contribution in [0.1, 0.15) is 46.9 Å². The van der Waals surface area contributed by atoms with E-state index >= 15 is 0 Å². The monoisotopic (exact) mass is 378 g/mol. The zero-order chi connectivity index (χ0) is 17.8. The van der Waals surface area contributed by atoms with Gasteiger partial charge >= 0.3 is 0 Å². The van der Waals surface area contributed by atoms with E-state index in [1.54, 1.807) is 0 Å². The summed E-state index contributed by atoms with van der Waals surface area (Å²) in [6, 6.07) is 29.7. The Hall–Kier alpha value is -1.76. The van der Waals surface area contributed by atoms with Gasteiger partial charge in [0.2, 0.25) is 0 Å². The molecule has 2 heteroatoms. The van der Waals surface area contributed by atoms with Crippen LogP contribution in [0.2, 0.25) is 0 Å². The van der Waals surface area contributed by atoms with Crippen molar-refractivity contribution in [1.82, 2.24) is 0 Å². The zero-order valence-electron chi connectivity index (χ0n) is 14.4. The van der Waals surface area contributed by atoms with Gasteiger partial charge in [-0.15, -0.1) is 23.2 Å². The molecule has 2 fully saturated rings. The normalized spacial score (nSPS) is 32.2. The van der Waals surface area contributed by atoms with Crippen molar-refractivity contribution < 1.29 is 0 Å². The van der Waals surface area contributed by atoms with E-state index in [1.807, 2.05) is 12.1 Å². The molecule has 0 radical (unpaired) electrons. The molecule has 3 aromatic carbocycles. The second-order valence-corrected chi connectivity index (χ2v) is 8.95. The largest absolute Gasteiger partial charge is 0.113 e. The molecule has 130 valence electrons. The number of hydrogen-bond donors (Lipinski definition) is 0. The van der Waals surface area contributed by atoms with Gasteiger partial charge in [0.1, 0.15) is 0 Å². The third-order valence-corrected chi connectivity index (χ3v) is 7.31. The van der Waals surface area contributed by atoms with Gasteiger partial charge in [-0.05, 0) is 35.1 Å². The SMILES string of the molecule is Cl[C@]1(c2ccccc2)C[C@@H]1c1ccccc1[C@@H]1C[C@]1(Cl)c1ccccc1. The Kier molecular flexibility index (Phi) is 3.71.